The van der Waals surface area contributed by atoms with Gasteiger partial charge in [0.05, 0.1) is 11.0 Å². The molecule has 0 fully saturated rings. The Morgan fingerprint density at radius 1 is 1.12 bits per heavy atom. The predicted molar refractivity (Wildman–Crippen MR) is 76.0 cm³/mol. The highest BCUT2D eigenvalue weighted by atomic mass is 35.5. The van der Waals surface area contributed by atoms with E-state index < -0.39 is 0 Å². The number of alkyl halides is 1. The Bertz CT molecular complexity index is 422. The van der Waals surface area contributed by atoms with Gasteiger partial charge in [0.25, 0.3) is 0 Å². The van der Waals surface area contributed by atoms with Gasteiger partial charge in [-0.1, -0.05) is 36.7 Å². The van der Waals surface area contributed by atoms with Gasteiger partial charge >= 0.3 is 0 Å². The minimum atomic E-state index is 0.788. The van der Waals surface area contributed by atoms with Crippen LogP contribution in [0.1, 0.15) is 25.7 Å². The van der Waals surface area contributed by atoms with Gasteiger partial charge in [-0.15, -0.1) is 11.6 Å². The molecular formula is C13H17ClN2S. The maximum atomic E-state index is 5.64. The highest BCUT2D eigenvalue weighted by Gasteiger charge is 2.01. The first-order valence-electron chi connectivity index (χ1n) is 6.03. The molecule has 4 heteroatoms. The molecule has 2 nitrogen and oxygen atoms in total. The van der Waals surface area contributed by atoms with Crippen molar-refractivity contribution in [2.45, 2.75) is 30.8 Å². The molecule has 0 saturated carbocycles. The van der Waals surface area contributed by atoms with Gasteiger partial charge in [0.1, 0.15) is 0 Å². The van der Waals surface area contributed by atoms with Gasteiger partial charge in [-0.2, -0.15) is 0 Å². The Balaban J connectivity index is 1.75. The molecule has 1 aromatic heterocycles. The van der Waals surface area contributed by atoms with Crippen LogP contribution in [0, 0.1) is 0 Å². The summed E-state index contributed by atoms with van der Waals surface area (Å²) in [6.07, 6.45) is 4.87. The number of thioether (sulfide) groups is 1. The van der Waals surface area contributed by atoms with Gasteiger partial charge < -0.3 is 4.98 Å². The molecule has 0 amide bonds. The zero-order valence-corrected chi connectivity index (χ0v) is 11.4. The van der Waals surface area contributed by atoms with Crippen molar-refractivity contribution in [2.24, 2.45) is 0 Å². The van der Waals surface area contributed by atoms with Gasteiger partial charge in [0, 0.05) is 11.6 Å². The highest BCUT2D eigenvalue weighted by molar-refractivity contribution is 7.99. The summed E-state index contributed by atoms with van der Waals surface area (Å²) in [6.45, 7) is 0. The molecule has 0 saturated heterocycles. The fourth-order valence-electron chi connectivity index (χ4n) is 1.72. The van der Waals surface area contributed by atoms with E-state index in [-0.39, 0.29) is 0 Å². The zero-order chi connectivity index (χ0) is 11.9. The van der Waals surface area contributed by atoms with Crippen molar-refractivity contribution in [3.05, 3.63) is 24.3 Å². The molecule has 0 radical (unpaired) electrons. The average Bonchev–Trinajstić information content (AvgIpc) is 2.76. The van der Waals surface area contributed by atoms with Crippen molar-refractivity contribution >= 4 is 34.4 Å². The minimum absolute atomic E-state index is 0.788. The molecule has 17 heavy (non-hydrogen) atoms. The van der Waals surface area contributed by atoms with E-state index in [0.29, 0.717) is 0 Å². The molecule has 1 heterocycles. The smallest absolute Gasteiger partial charge is 0.166 e. The number of benzene rings is 1. The molecule has 92 valence electrons. The molecule has 0 unspecified atom stereocenters. The first kappa shape index (κ1) is 12.8. The van der Waals surface area contributed by atoms with Crippen molar-refractivity contribution in [1.29, 1.82) is 0 Å². The van der Waals surface area contributed by atoms with Gasteiger partial charge in [0.15, 0.2) is 5.16 Å². The molecule has 2 aromatic rings. The standard InChI is InChI=1S/C13H17ClN2S/c14-9-5-1-2-6-10-17-13-15-11-7-3-4-8-12(11)16-13/h3-4,7-8H,1-2,5-6,9-10H2,(H,15,16). The SMILES string of the molecule is ClCCCCCCSc1nc2ccccc2[nH]1. The summed E-state index contributed by atoms with van der Waals surface area (Å²) in [5.41, 5.74) is 2.18. The van der Waals surface area contributed by atoms with Crippen molar-refractivity contribution in [2.75, 3.05) is 11.6 Å². The molecule has 1 N–H and O–H groups in total. The summed E-state index contributed by atoms with van der Waals surface area (Å²) in [7, 11) is 0. The lowest BCUT2D eigenvalue weighted by atomic mass is 10.2. The Hall–Kier alpha value is -0.670. The Morgan fingerprint density at radius 2 is 1.94 bits per heavy atom. The van der Waals surface area contributed by atoms with Crippen LogP contribution in [0.5, 0.6) is 0 Å². The third kappa shape index (κ3) is 3.93. The van der Waals surface area contributed by atoms with Crippen LogP contribution in [0.4, 0.5) is 0 Å². The van der Waals surface area contributed by atoms with Crippen molar-refractivity contribution in [3.63, 3.8) is 0 Å². The van der Waals surface area contributed by atoms with Crippen LogP contribution in [0.15, 0.2) is 29.4 Å². The second kappa shape index (κ2) is 6.92. The van der Waals surface area contributed by atoms with Gasteiger partial charge in [-0.25, -0.2) is 4.98 Å². The lowest BCUT2D eigenvalue weighted by Gasteiger charge is -1.98. The Labute approximate surface area is 111 Å². The van der Waals surface area contributed by atoms with Crippen LogP contribution in [0.3, 0.4) is 0 Å². The lowest BCUT2D eigenvalue weighted by molar-refractivity contribution is 0.709. The number of hydrogen-bond acceptors (Lipinski definition) is 2. The number of fused-ring (bicyclic) bond motifs is 1. The number of rotatable bonds is 7. The highest BCUT2D eigenvalue weighted by Crippen LogP contribution is 2.20. The molecular weight excluding hydrogens is 252 g/mol. The minimum Gasteiger partial charge on any atom is -0.333 e. The number of halogens is 1. The Morgan fingerprint density at radius 3 is 2.76 bits per heavy atom. The summed E-state index contributed by atoms with van der Waals surface area (Å²) in [5, 5.41) is 1.03. The average molecular weight is 269 g/mol. The van der Waals surface area contributed by atoms with Crippen LogP contribution in [-0.2, 0) is 0 Å². The van der Waals surface area contributed by atoms with Gasteiger partial charge in [-0.05, 0) is 25.0 Å². The van der Waals surface area contributed by atoms with E-state index in [1.807, 2.05) is 18.2 Å². The second-order valence-corrected chi connectivity index (χ2v) is 5.47. The monoisotopic (exact) mass is 268 g/mol. The van der Waals surface area contributed by atoms with E-state index in [2.05, 4.69) is 16.0 Å². The third-order valence-electron chi connectivity index (χ3n) is 2.63. The van der Waals surface area contributed by atoms with Crippen LogP contribution in [0.25, 0.3) is 11.0 Å². The van der Waals surface area contributed by atoms with E-state index in [1.54, 1.807) is 11.8 Å². The number of aromatic amines is 1. The molecule has 0 atom stereocenters. The normalized spacial score (nSPS) is 11.1. The van der Waals surface area contributed by atoms with Gasteiger partial charge in [-0.3, -0.25) is 0 Å². The molecule has 1 aromatic carbocycles. The second-order valence-electron chi connectivity index (χ2n) is 4.01. The van der Waals surface area contributed by atoms with Crippen LogP contribution < -0.4 is 0 Å². The van der Waals surface area contributed by atoms with Crippen molar-refractivity contribution in [3.8, 4) is 0 Å². The largest absolute Gasteiger partial charge is 0.333 e. The summed E-state index contributed by atoms with van der Waals surface area (Å²) >= 11 is 7.44. The maximum Gasteiger partial charge on any atom is 0.166 e. The third-order valence-corrected chi connectivity index (χ3v) is 3.86. The number of para-hydroxylation sites is 2. The van der Waals surface area contributed by atoms with Crippen LogP contribution >= 0.6 is 23.4 Å². The number of imidazole rings is 1. The topological polar surface area (TPSA) is 28.7 Å². The summed E-state index contributed by atoms with van der Waals surface area (Å²) in [6, 6.07) is 8.15. The zero-order valence-electron chi connectivity index (χ0n) is 9.79. The van der Waals surface area contributed by atoms with E-state index in [1.165, 1.54) is 19.3 Å². The van der Waals surface area contributed by atoms with E-state index in [0.717, 1.165) is 34.2 Å². The molecule has 0 aliphatic rings. The Kier molecular flexibility index (Phi) is 5.20. The number of aromatic nitrogens is 2. The summed E-state index contributed by atoms with van der Waals surface area (Å²) in [5.74, 6) is 1.92. The fraction of sp³-hybridized carbons (Fsp3) is 0.462. The molecule has 2 rings (SSSR count). The summed E-state index contributed by atoms with van der Waals surface area (Å²) < 4.78 is 0. The number of H-pyrrole nitrogens is 1. The number of nitrogens with zero attached hydrogens (tertiary/aromatic N) is 1. The fourth-order valence-corrected chi connectivity index (χ4v) is 2.79. The lowest BCUT2D eigenvalue weighted by Crippen LogP contribution is -1.83. The molecule has 0 bridgehead atoms. The first-order chi connectivity index (χ1) is 8.40. The van der Waals surface area contributed by atoms with Crippen LogP contribution in [-0.4, -0.2) is 21.6 Å². The quantitative estimate of drug-likeness (QED) is 0.456. The number of hydrogen-bond donors (Lipinski definition) is 1. The molecule has 0 aliphatic carbocycles. The van der Waals surface area contributed by atoms with E-state index >= 15 is 0 Å². The molecule has 0 spiro atoms. The van der Waals surface area contributed by atoms with Gasteiger partial charge in [0.2, 0.25) is 0 Å². The first-order valence-corrected chi connectivity index (χ1v) is 7.55. The number of nitrogens with one attached hydrogen (secondary N) is 1. The van der Waals surface area contributed by atoms with Crippen molar-refractivity contribution < 1.29 is 0 Å². The molecule has 0 aliphatic heterocycles. The number of unbranched alkanes of at least 4 members (excludes halogenated alkanes) is 3. The van der Waals surface area contributed by atoms with E-state index in [9.17, 15) is 0 Å². The summed E-state index contributed by atoms with van der Waals surface area (Å²) in [4.78, 5) is 7.86. The predicted octanol–water partition coefficient (Wildman–Crippen LogP) is 4.45. The maximum absolute atomic E-state index is 5.64. The van der Waals surface area contributed by atoms with E-state index in [4.69, 9.17) is 11.6 Å². The van der Waals surface area contributed by atoms with Crippen LogP contribution in [0.2, 0.25) is 0 Å². The van der Waals surface area contributed by atoms with Crippen molar-refractivity contribution in [1.82, 2.24) is 9.97 Å².